The van der Waals surface area contributed by atoms with Gasteiger partial charge in [-0.15, -0.1) is 0 Å². The molecule has 0 fully saturated rings. The number of halogens is 2. The monoisotopic (exact) mass is 368 g/mol. The van der Waals surface area contributed by atoms with E-state index in [2.05, 4.69) is 31.9 Å². The first-order valence-corrected chi connectivity index (χ1v) is 6.90. The van der Waals surface area contributed by atoms with Crippen molar-refractivity contribution in [2.45, 2.75) is 6.61 Å². The zero-order valence-electron chi connectivity index (χ0n) is 9.40. The summed E-state index contributed by atoms with van der Waals surface area (Å²) < 4.78 is 7.49. The van der Waals surface area contributed by atoms with E-state index in [0.717, 1.165) is 20.8 Å². The average Bonchev–Trinajstić information content (AvgIpc) is 2.37. The standard InChI is InChI=1S/C14H10Br2O2/c15-12-5-1-3-10(7-12)9-18-14-11(8-17)4-2-6-13(14)16/h1-8H,9H2. The molecule has 18 heavy (non-hydrogen) atoms. The van der Waals surface area contributed by atoms with Gasteiger partial charge in [-0.3, -0.25) is 4.79 Å². The summed E-state index contributed by atoms with van der Waals surface area (Å²) in [6, 6.07) is 13.2. The topological polar surface area (TPSA) is 26.3 Å². The van der Waals surface area contributed by atoms with Crippen molar-refractivity contribution < 1.29 is 9.53 Å². The molecule has 0 saturated carbocycles. The maximum Gasteiger partial charge on any atom is 0.153 e. The van der Waals surface area contributed by atoms with Crippen molar-refractivity contribution in [2.75, 3.05) is 0 Å². The highest BCUT2D eigenvalue weighted by molar-refractivity contribution is 9.10. The lowest BCUT2D eigenvalue weighted by Crippen LogP contribution is -1.99. The summed E-state index contributed by atoms with van der Waals surface area (Å²) in [6.45, 7) is 0.420. The lowest BCUT2D eigenvalue weighted by Gasteiger charge is -2.10. The Kier molecular flexibility index (Phi) is 4.55. The van der Waals surface area contributed by atoms with Gasteiger partial charge in [-0.05, 0) is 45.8 Å². The van der Waals surface area contributed by atoms with Gasteiger partial charge in [0.1, 0.15) is 12.4 Å². The van der Waals surface area contributed by atoms with Gasteiger partial charge in [0.25, 0.3) is 0 Å². The second-order valence-electron chi connectivity index (χ2n) is 3.69. The van der Waals surface area contributed by atoms with E-state index in [1.54, 1.807) is 12.1 Å². The fraction of sp³-hybridized carbons (Fsp3) is 0.0714. The summed E-state index contributed by atoms with van der Waals surface area (Å²) in [5.74, 6) is 0.576. The van der Waals surface area contributed by atoms with E-state index >= 15 is 0 Å². The van der Waals surface area contributed by atoms with E-state index in [9.17, 15) is 4.79 Å². The van der Waals surface area contributed by atoms with Crippen LogP contribution in [0.5, 0.6) is 5.75 Å². The van der Waals surface area contributed by atoms with Crippen LogP contribution in [-0.4, -0.2) is 6.29 Å². The molecule has 0 bridgehead atoms. The van der Waals surface area contributed by atoms with Gasteiger partial charge in [0.2, 0.25) is 0 Å². The van der Waals surface area contributed by atoms with Crippen molar-refractivity contribution >= 4 is 38.1 Å². The molecule has 0 aliphatic carbocycles. The van der Waals surface area contributed by atoms with Crippen LogP contribution >= 0.6 is 31.9 Å². The summed E-state index contributed by atoms with van der Waals surface area (Å²) in [7, 11) is 0. The molecule has 92 valence electrons. The van der Waals surface area contributed by atoms with Crippen molar-refractivity contribution in [3.05, 3.63) is 62.5 Å². The molecule has 0 aromatic heterocycles. The van der Waals surface area contributed by atoms with E-state index < -0.39 is 0 Å². The van der Waals surface area contributed by atoms with Gasteiger partial charge in [-0.25, -0.2) is 0 Å². The Morgan fingerprint density at radius 2 is 1.89 bits per heavy atom. The lowest BCUT2D eigenvalue weighted by atomic mass is 10.2. The Balaban J connectivity index is 2.18. The molecule has 2 aromatic carbocycles. The zero-order valence-corrected chi connectivity index (χ0v) is 12.6. The van der Waals surface area contributed by atoms with E-state index in [-0.39, 0.29) is 0 Å². The highest BCUT2D eigenvalue weighted by Gasteiger charge is 2.07. The first-order chi connectivity index (χ1) is 8.70. The van der Waals surface area contributed by atoms with Crippen LogP contribution in [0, 0.1) is 0 Å². The number of ether oxygens (including phenoxy) is 1. The molecule has 2 nitrogen and oxygen atoms in total. The van der Waals surface area contributed by atoms with Gasteiger partial charge in [0.05, 0.1) is 10.0 Å². The predicted molar refractivity (Wildman–Crippen MR) is 78.0 cm³/mol. The van der Waals surface area contributed by atoms with Crippen molar-refractivity contribution in [3.8, 4) is 5.75 Å². The first kappa shape index (κ1) is 13.3. The molecule has 0 N–H and O–H groups in total. The second-order valence-corrected chi connectivity index (χ2v) is 5.46. The number of rotatable bonds is 4. The van der Waals surface area contributed by atoms with Gasteiger partial charge in [0, 0.05) is 4.47 Å². The maximum absolute atomic E-state index is 10.9. The van der Waals surface area contributed by atoms with Gasteiger partial charge in [-0.1, -0.05) is 34.1 Å². The zero-order chi connectivity index (χ0) is 13.0. The van der Waals surface area contributed by atoms with Crippen LogP contribution in [0.25, 0.3) is 0 Å². The number of carbonyl (C=O) groups excluding carboxylic acids is 1. The molecule has 0 atom stereocenters. The quantitative estimate of drug-likeness (QED) is 0.736. The normalized spacial score (nSPS) is 10.1. The first-order valence-electron chi connectivity index (χ1n) is 5.31. The number of para-hydroxylation sites is 1. The molecule has 2 aromatic rings. The third kappa shape index (κ3) is 3.21. The highest BCUT2D eigenvalue weighted by Crippen LogP contribution is 2.28. The largest absolute Gasteiger partial charge is 0.487 e. The number of hydrogen-bond donors (Lipinski definition) is 0. The number of hydrogen-bond acceptors (Lipinski definition) is 2. The Hall–Kier alpha value is -1.13. The third-order valence-electron chi connectivity index (χ3n) is 2.40. The van der Waals surface area contributed by atoms with E-state index in [1.165, 1.54) is 0 Å². The van der Waals surface area contributed by atoms with Crippen LogP contribution in [0.1, 0.15) is 15.9 Å². The highest BCUT2D eigenvalue weighted by atomic mass is 79.9. The van der Waals surface area contributed by atoms with Gasteiger partial charge >= 0.3 is 0 Å². The van der Waals surface area contributed by atoms with Gasteiger partial charge < -0.3 is 4.74 Å². The summed E-state index contributed by atoms with van der Waals surface area (Å²) in [5, 5.41) is 0. The molecule has 0 spiro atoms. The molecule has 4 heteroatoms. The number of aldehydes is 1. The molecular formula is C14H10Br2O2. The van der Waals surface area contributed by atoms with Crippen LogP contribution in [0.15, 0.2) is 51.4 Å². The Morgan fingerprint density at radius 1 is 1.11 bits per heavy atom. The summed E-state index contributed by atoms with van der Waals surface area (Å²) >= 11 is 6.79. The molecule has 0 heterocycles. The van der Waals surface area contributed by atoms with Gasteiger partial charge in [0.15, 0.2) is 6.29 Å². The van der Waals surface area contributed by atoms with Crippen LogP contribution in [0.4, 0.5) is 0 Å². The fourth-order valence-electron chi connectivity index (χ4n) is 1.55. The fourth-order valence-corrected chi connectivity index (χ4v) is 2.50. The van der Waals surface area contributed by atoms with Crippen molar-refractivity contribution in [1.29, 1.82) is 0 Å². The minimum atomic E-state index is 0.420. The van der Waals surface area contributed by atoms with Crippen molar-refractivity contribution in [1.82, 2.24) is 0 Å². The third-order valence-corrected chi connectivity index (χ3v) is 3.51. The summed E-state index contributed by atoms with van der Waals surface area (Å²) in [6.07, 6.45) is 0.793. The smallest absolute Gasteiger partial charge is 0.153 e. The van der Waals surface area contributed by atoms with E-state index in [0.29, 0.717) is 17.9 Å². The lowest BCUT2D eigenvalue weighted by molar-refractivity contribution is 0.111. The minimum absolute atomic E-state index is 0.420. The van der Waals surface area contributed by atoms with Crippen LogP contribution in [-0.2, 0) is 6.61 Å². The van der Waals surface area contributed by atoms with Crippen molar-refractivity contribution in [2.24, 2.45) is 0 Å². The molecular weight excluding hydrogens is 360 g/mol. The SMILES string of the molecule is O=Cc1cccc(Br)c1OCc1cccc(Br)c1. The molecule has 2 rings (SSSR count). The second kappa shape index (κ2) is 6.16. The van der Waals surface area contributed by atoms with E-state index in [4.69, 9.17) is 4.74 Å². The summed E-state index contributed by atoms with van der Waals surface area (Å²) in [5.41, 5.74) is 1.58. The average molecular weight is 370 g/mol. The Bertz CT molecular complexity index is 567. The molecule has 0 saturated heterocycles. The number of benzene rings is 2. The van der Waals surface area contributed by atoms with Gasteiger partial charge in [-0.2, -0.15) is 0 Å². The van der Waals surface area contributed by atoms with Crippen LogP contribution in [0.2, 0.25) is 0 Å². The molecule has 0 amide bonds. The maximum atomic E-state index is 10.9. The molecule has 0 radical (unpaired) electrons. The predicted octanol–water partition coefficient (Wildman–Crippen LogP) is 4.60. The van der Waals surface area contributed by atoms with Crippen LogP contribution in [0.3, 0.4) is 0 Å². The van der Waals surface area contributed by atoms with E-state index in [1.807, 2.05) is 30.3 Å². The molecule has 0 unspecified atom stereocenters. The van der Waals surface area contributed by atoms with Crippen molar-refractivity contribution in [3.63, 3.8) is 0 Å². The van der Waals surface area contributed by atoms with Crippen LogP contribution < -0.4 is 4.74 Å². The molecule has 0 aliphatic heterocycles. The number of carbonyl (C=O) groups is 1. The minimum Gasteiger partial charge on any atom is -0.487 e. The Morgan fingerprint density at radius 3 is 2.61 bits per heavy atom. The Labute approximate surface area is 122 Å². The molecule has 0 aliphatic rings. The summed E-state index contributed by atoms with van der Waals surface area (Å²) in [4.78, 5) is 10.9.